The topological polar surface area (TPSA) is 102 Å². The molecule has 18 heavy (non-hydrogen) atoms. The maximum Gasteiger partial charge on any atom is 0.262 e. The van der Waals surface area contributed by atoms with Crippen molar-refractivity contribution in [3.8, 4) is 0 Å². The number of nitrogens with zero attached hydrogens (tertiary/aromatic N) is 3. The summed E-state index contributed by atoms with van der Waals surface area (Å²) in [5, 5.41) is 16.7. The van der Waals surface area contributed by atoms with E-state index < -0.39 is 0 Å². The van der Waals surface area contributed by atoms with E-state index in [4.69, 9.17) is 15.6 Å². The smallest absolute Gasteiger partial charge is 0.262 e. The van der Waals surface area contributed by atoms with Gasteiger partial charge in [0.25, 0.3) is 5.22 Å². The Balaban J connectivity index is 2.44. The predicted molar refractivity (Wildman–Crippen MR) is 67.9 cm³/mol. The van der Waals surface area contributed by atoms with E-state index in [0.717, 1.165) is 17.0 Å². The van der Waals surface area contributed by atoms with Gasteiger partial charge in [-0.3, -0.25) is 5.41 Å². The maximum atomic E-state index is 7.63. The Morgan fingerprint density at radius 1 is 1.33 bits per heavy atom. The first-order chi connectivity index (χ1) is 8.49. The monoisotopic (exact) mass is 263 g/mol. The van der Waals surface area contributed by atoms with Crippen LogP contribution in [0.3, 0.4) is 0 Å². The molecule has 0 fully saturated rings. The van der Waals surface area contributed by atoms with Gasteiger partial charge in [0.15, 0.2) is 0 Å². The van der Waals surface area contributed by atoms with Crippen LogP contribution >= 0.6 is 11.8 Å². The number of nitrogens with two attached hydrogens (primary N) is 1. The highest BCUT2D eigenvalue weighted by Gasteiger charge is 2.16. The normalized spacial score (nSPS) is 10.6. The van der Waals surface area contributed by atoms with Crippen LogP contribution in [0.2, 0.25) is 0 Å². The first-order valence-corrected chi connectivity index (χ1v) is 6.09. The molecule has 2 aromatic rings. The van der Waals surface area contributed by atoms with Crippen molar-refractivity contribution >= 4 is 17.6 Å². The van der Waals surface area contributed by atoms with E-state index in [9.17, 15) is 0 Å². The van der Waals surface area contributed by atoms with Crippen molar-refractivity contribution in [2.45, 2.75) is 31.0 Å². The molecule has 0 aromatic carbocycles. The number of nitrogens with one attached hydrogen (secondary N) is 1. The second-order valence-electron chi connectivity index (χ2n) is 3.86. The van der Waals surface area contributed by atoms with Crippen molar-refractivity contribution in [2.24, 2.45) is 5.73 Å². The van der Waals surface area contributed by atoms with Gasteiger partial charge in [-0.05, 0) is 38.1 Å². The molecule has 0 radical (unpaired) electrons. The molecule has 0 amide bonds. The third-order valence-electron chi connectivity index (χ3n) is 2.47. The fourth-order valence-corrected chi connectivity index (χ4v) is 2.34. The van der Waals surface area contributed by atoms with E-state index in [0.29, 0.717) is 15.8 Å². The second-order valence-corrected chi connectivity index (χ2v) is 4.80. The Morgan fingerprint density at radius 2 is 2.06 bits per heavy atom. The van der Waals surface area contributed by atoms with E-state index in [1.807, 2.05) is 20.8 Å². The lowest BCUT2D eigenvalue weighted by Crippen LogP contribution is -2.16. The van der Waals surface area contributed by atoms with E-state index in [-0.39, 0.29) is 5.84 Å². The summed E-state index contributed by atoms with van der Waals surface area (Å²) in [5.41, 5.74) is 8.58. The van der Waals surface area contributed by atoms with Crippen LogP contribution in [0.1, 0.15) is 22.5 Å². The van der Waals surface area contributed by atoms with E-state index in [1.54, 1.807) is 6.26 Å². The molecule has 0 bridgehead atoms. The third kappa shape index (κ3) is 2.35. The van der Waals surface area contributed by atoms with Gasteiger partial charge in [-0.2, -0.15) is 5.10 Å². The second kappa shape index (κ2) is 4.77. The Kier molecular flexibility index (Phi) is 3.33. The molecule has 94 valence electrons. The molecular weight excluding hydrogens is 250 g/mol. The van der Waals surface area contributed by atoms with Gasteiger partial charge < -0.3 is 10.2 Å². The molecule has 0 aliphatic rings. The van der Waals surface area contributed by atoms with Crippen LogP contribution in [-0.4, -0.2) is 21.0 Å². The zero-order valence-electron chi connectivity index (χ0n) is 10.3. The molecule has 2 rings (SSSR count). The largest absolute Gasteiger partial charge is 0.439 e. The van der Waals surface area contributed by atoms with Crippen molar-refractivity contribution < 1.29 is 4.42 Å². The van der Waals surface area contributed by atoms with E-state index in [1.165, 1.54) is 11.8 Å². The standard InChI is InChI=1S/C11H13N5OS/c1-5-4-17-11(14-5)18-10-8(9(12)13)6(2)7(3)15-16-10/h4H,1-3H3,(H3,12,13). The van der Waals surface area contributed by atoms with Crippen LogP contribution in [-0.2, 0) is 0 Å². The van der Waals surface area contributed by atoms with E-state index in [2.05, 4.69) is 15.2 Å². The van der Waals surface area contributed by atoms with Gasteiger partial charge in [-0.15, -0.1) is 5.10 Å². The minimum atomic E-state index is -0.0312. The number of rotatable bonds is 3. The summed E-state index contributed by atoms with van der Waals surface area (Å²) >= 11 is 1.21. The molecule has 0 unspecified atom stereocenters. The number of aryl methyl sites for hydroxylation is 2. The minimum absolute atomic E-state index is 0.0312. The average Bonchev–Trinajstić information content (AvgIpc) is 2.69. The van der Waals surface area contributed by atoms with Crippen LogP contribution in [0.5, 0.6) is 0 Å². The number of amidine groups is 1. The average molecular weight is 263 g/mol. The number of hydrogen-bond donors (Lipinski definition) is 2. The van der Waals surface area contributed by atoms with Crippen LogP contribution in [0, 0.1) is 26.2 Å². The molecule has 3 N–H and O–H groups in total. The van der Waals surface area contributed by atoms with Crippen LogP contribution in [0.4, 0.5) is 0 Å². The Hall–Kier alpha value is -1.89. The molecule has 0 spiro atoms. The van der Waals surface area contributed by atoms with Crippen molar-refractivity contribution in [3.05, 3.63) is 28.8 Å². The van der Waals surface area contributed by atoms with Crippen molar-refractivity contribution in [2.75, 3.05) is 0 Å². The van der Waals surface area contributed by atoms with Crippen molar-refractivity contribution in [3.63, 3.8) is 0 Å². The molecule has 0 aliphatic carbocycles. The fourth-order valence-electron chi connectivity index (χ4n) is 1.44. The van der Waals surface area contributed by atoms with Gasteiger partial charge in [0.05, 0.1) is 17.0 Å². The summed E-state index contributed by atoms with van der Waals surface area (Å²) in [5.74, 6) is -0.0312. The fraction of sp³-hybridized carbons (Fsp3) is 0.273. The van der Waals surface area contributed by atoms with Gasteiger partial charge in [-0.1, -0.05) is 0 Å². The summed E-state index contributed by atoms with van der Waals surface area (Å²) < 4.78 is 5.25. The van der Waals surface area contributed by atoms with Crippen LogP contribution in [0.15, 0.2) is 20.9 Å². The lowest BCUT2D eigenvalue weighted by molar-refractivity contribution is 0.453. The molecule has 6 nitrogen and oxygen atoms in total. The first kappa shape index (κ1) is 12.6. The Bertz CT molecular complexity index is 607. The molecule has 0 saturated carbocycles. The van der Waals surface area contributed by atoms with Gasteiger partial charge >= 0.3 is 0 Å². The van der Waals surface area contributed by atoms with Crippen molar-refractivity contribution in [1.82, 2.24) is 15.2 Å². The van der Waals surface area contributed by atoms with Crippen LogP contribution in [0.25, 0.3) is 0 Å². The molecule has 2 heterocycles. The number of oxazole rings is 1. The summed E-state index contributed by atoms with van der Waals surface area (Å²) in [4.78, 5) is 4.18. The zero-order valence-corrected chi connectivity index (χ0v) is 11.1. The molecule has 7 heteroatoms. The van der Waals surface area contributed by atoms with Crippen molar-refractivity contribution in [1.29, 1.82) is 5.41 Å². The highest BCUT2D eigenvalue weighted by molar-refractivity contribution is 7.99. The molecule has 0 saturated heterocycles. The lowest BCUT2D eigenvalue weighted by Gasteiger charge is -2.09. The quantitative estimate of drug-likeness (QED) is 0.647. The number of hydrogen-bond acceptors (Lipinski definition) is 6. The van der Waals surface area contributed by atoms with Gasteiger partial charge in [0.1, 0.15) is 17.1 Å². The number of aromatic nitrogens is 3. The maximum absolute atomic E-state index is 7.63. The Labute approximate surface area is 109 Å². The summed E-state index contributed by atoms with van der Waals surface area (Å²) in [6.07, 6.45) is 1.56. The molecule has 0 atom stereocenters. The van der Waals surface area contributed by atoms with E-state index >= 15 is 0 Å². The zero-order chi connectivity index (χ0) is 13.3. The first-order valence-electron chi connectivity index (χ1n) is 5.27. The number of nitrogen functional groups attached to an aromatic ring is 1. The highest BCUT2D eigenvalue weighted by Crippen LogP contribution is 2.29. The lowest BCUT2D eigenvalue weighted by atomic mass is 10.1. The van der Waals surface area contributed by atoms with Gasteiger partial charge in [-0.25, -0.2) is 4.98 Å². The van der Waals surface area contributed by atoms with Crippen LogP contribution < -0.4 is 5.73 Å². The van der Waals surface area contributed by atoms with Gasteiger partial charge in [0, 0.05) is 0 Å². The molecule has 0 aliphatic heterocycles. The predicted octanol–water partition coefficient (Wildman–Crippen LogP) is 1.83. The summed E-state index contributed by atoms with van der Waals surface area (Å²) in [7, 11) is 0. The Morgan fingerprint density at radius 3 is 2.61 bits per heavy atom. The summed E-state index contributed by atoms with van der Waals surface area (Å²) in [6, 6.07) is 0. The highest BCUT2D eigenvalue weighted by atomic mass is 32.2. The SMILES string of the molecule is Cc1coc(Sc2nnc(C)c(C)c2C(=N)N)n1. The molecule has 2 aromatic heterocycles. The third-order valence-corrected chi connectivity index (χ3v) is 3.31. The van der Waals surface area contributed by atoms with Gasteiger partial charge in [0.2, 0.25) is 0 Å². The minimum Gasteiger partial charge on any atom is -0.439 e. The molecular formula is C11H13N5OS. The summed E-state index contributed by atoms with van der Waals surface area (Å²) in [6.45, 7) is 5.54.